The number of amides is 2. The summed E-state index contributed by atoms with van der Waals surface area (Å²) in [6.07, 6.45) is 8.29. The van der Waals surface area contributed by atoms with Crippen molar-refractivity contribution in [2.24, 2.45) is 17.6 Å². The Morgan fingerprint density at radius 2 is 1.83 bits per heavy atom. The molecule has 8 heteroatoms. The lowest BCUT2D eigenvalue weighted by Gasteiger charge is -2.24. The number of hydrogen-bond acceptors (Lipinski definition) is 4. The fourth-order valence-corrected chi connectivity index (χ4v) is 6.27. The molecule has 1 unspecified atom stereocenters. The van der Waals surface area contributed by atoms with Crippen LogP contribution in [0.5, 0.6) is 0 Å². The average molecular weight is 481 g/mol. The largest absolute Gasteiger partial charge is 0.364 e. The molecule has 3 aliphatic rings. The van der Waals surface area contributed by atoms with E-state index in [2.05, 4.69) is 16.4 Å². The van der Waals surface area contributed by atoms with Crippen LogP contribution < -0.4 is 5.73 Å². The van der Waals surface area contributed by atoms with E-state index in [4.69, 9.17) is 5.73 Å². The number of likely N-dealkylation sites (tertiary alicyclic amines) is 2. The van der Waals surface area contributed by atoms with E-state index < -0.39 is 5.91 Å². The molecule has 0 bridgehead atoms. The highest BCUT2D eigenvalue weighted by Crippen LogP contribution is 2.34. The summed E-state index contributed by atoms with van der Waals surface area (Å²) in [5.74, 6) is -0.0331. The molecular formula is C27H35FN5O2. The van der Waals surface area contributed by atoms with Crippen LogP contribution in [0, 0.1) is 31.0 Å². The van der Waals surface area contributed by atoms with Crippen LogP contribution in [0.4, 0.5) is 4.39 Å². The minimum atomic E-state index is -0.570. The fraction of sp³-hybridized carbons (Fsp3) is 0.556. The van der Waals surface area contributed by atoms with Crippen LogP contribution in [-0.4, -0.2) is 64.1 Å². The molecule has 2 atom stereocenters. The van der Waals surface area contributed by atoms with Gasteiger partial charge in [0.1, 0.15) is 11.5 Å². The van der Waals surface area contributed by atoms with E-state index in [9.17, 15) is 14.0 Å². The third-order valence-electron chi connectivity index (χ3n) is 7.98. The lowest BCUT2D eigenvalue weighted by atomic mass is 9.95. The number of aryl methyl sites for hydroxylation is 1. The summed E-state index contributed by atoms with van der Waals surface area (Å²) in [6, 6.07) is 6.81. The summed E-state index contributed by atoms with van der Waals surface area (Å²) in [4.78, 5) is 30.3. The highest BCUT2D eigenvalue weighted by Gasteiger charge is 2.43. The molecule has 2 aromatic rings. The molecule has 1 saturated carbocycles. The molecule has 1 aliphatic carbocycles. The maximum atomic E-state index is 13.6. The minimum absolute atomic E-state index is 0.112. The van der Waals surface area contributed by atoms with Gasteiger partial charge in [-0.05, 0) is 68.7 Å². The van der Waals surface area contributed by atoms with Crippen molar-refractivity contribution >= 4 is 11.8 Å². The molecular weight excluding hydrogens is 445 g/mol. The molecule has 2 amide bonds. The smallest absolute Gasteiger partial charge is 0.267 e. The van der Waals surface area contributed by atoms with Gasteiger partial charge in [-0.1, -0.05) is 31.4 Å². The van der Waals surface area contributed by atoms with Gasteiger partial charge in [0.2, 0.25) is 0 Å². The molecule has 2 saturated heterocycles. The van der Waals surface area contributed by atoms with Gasteiger partial charge in [0.05, 0.1) is 17.3 Å². The van der Waals surface area contributed by atoms with Crippen molar-refractivity contribution in [1.82, 2.24) is 19.6 Å². The van der Waals surface area contributed by atoms with E-state index in [1.807, 2.05) is 17.9 Å². The molecule has 3 heterocycles. The number of aromatic nitrogens is 2. The van der Waals surface area contributed by atoms with Gasteiger partial charge in [-0.25, -0.2) is 4.39 Å². The second-order valence-corrected chi connectivity index (χ2v) is 10.4. The number of nitrogens with zero attached hydrogens (tertiary/aromatic N) is 4. The average Bonchev–Trinajstić information content (AvgIpc) is 3.50. The lowest BCUT2D eigenvalue weighted by molar-refractivity contribution is 0.0767. The first-order valence-electron chi connectivity index (χ1n) is 12.9. The molecule has 187 valence electrons. The Bertz CT molecular complexity index is 1080. The summed E-state index contributed by atoms with van der Waals surface area (Å²) in [5.41, 5.74) is 7.96. The van der Waals surface area contributed by atoms with Crippen molar-refractivity contribution in [1.29, 1.82) is 0 Å². The Kier molecular flexibility index (Phi) is 6.91. The third kappa shape index (κ3) is 4.99. The van der Waals surface area contributed by atoms with Crippen molar-refractivity contribution < 1.29 is 14.0 Å². The van der Waals surface area contributed by atoms with Crippen molar-refractivity contribution in [3.63, 3.8) is 0 Å². The number of fused-ring (bicyclic) bond motifs is 1. The molecule has 7 nitrogen and oxygen atoms in total. The number of primary amides is 1. The molecule has 2 aliphatic heterocycles. The van der Waals surface area contributed by atoms with Crippen LogP contribution in [0.3, 0.4) is 0 Å². The number of hydrogen-bond donors (Lipinski definition) is 1. The van der Waals surface area contributed by atoms with Crippen LogP contribution in [-0.2, 0) is 0 Å². The Morgan fingerprint density at radius 1 is 1.11 bits per heavy atom. The van der Waals surface area contributed by atoms with Gasteiger partial charge < -0.3 is 15.5 Å². The zero-order valence-corrected chi connectivity index (χ0v) is 20.5. The Morgan fingerprint density at radius 3 is 2.49 bits per heavy atom. The number of carbonyl (C=O) groups is 2. The minimum Gasteiger partial charge on any atom is -0.364 e. The number of carbonyl (C=O) groups excluding carboxylic acids is 2. The van der Waals surface area contributed by atoms with Gasteiger partial charge >= 0.3 is 0 Å². The second kappa shape index (κ2) is 10.1. The standard InChI is InChI=1S/C27H35FN5O2/c1-18-24(25(26(29)34)33(30-18)23-10-3-2-4-11-23)27(35)32-16-20-14-31(15-21(20)17-32)12-6-8-19-7-5-9-22(28)13-19/h5,7-9,13,20-21,23H,2-4,6,10-12,14-17H2,1H3,(H2,29,34)/t20-,21?/m0/s1. The molecule has 5 rings (SSSR count). The topological polar surface area (TPSA) is 84.5 Å². The lowest BCUT2D eigenvalue weighted by Crippen LogP contribution is -2.35. The van der Waals surface area contributed by atoms with Crippen molar-refractivity contribution in [3.05, 3.63) is 59.0 Å². The Labute approximate surface area is 206 Å². The van der Waals surface area contributed by atoms with E-state index in [0.717, 1.165) is 57.3 Å². The van der Waals surface area contributed by atoms with Crippen LogP contribution in [0.25, 0.3) is 0 Å². The highest BCUT2D eigenvalue weighted by molar-refractivity contribution is 6.06. The quantitative estimate of drug-likeness (QED) is 0.657. The predicted octanol–water partition coefficient (Wildman–Crippen LogP) is 3.58. The van der Waals surface area contributed by atoms with Crippen molar-refractivity contribution in [2.45, 2.75) is 51.5 Å². The first kappa shape index (κ1) is 24.0. The molecule has 1 aromatic heterocycles. The summed E-state index contributed by atoms with van der Waals surface area (Å²) >= 11 is 0. The Balaban J connectivity index is 1.20. The monoisotopic (exact) mass is 480 g/mol. The molecule has 3 fully saturated rings. The van der Waals surface area contributed by atoms with Gasteiger partial charge in [0, 0.05) is 26.2 Å². The maximum Gasteiger partial charge on any atom is 0.267 e. The summed E-state index contributed by atoms with van der Waals surface area (Å²) in [7, 11) is 0. The zero-order chi connectivity index (χ0) is 24.5. The van der Waals surface area contributed by atoms with Gasteiger partial charge in [0.25, 0.3) is 11.8 Å². The maximum absolute atomic E-state index is 13.6. The molecule has 2 N–H and O–H groups in total. The van der Waals surface area contributed by atoms with E-state index in [0.29, 0.717) is 36.2 Å². The number of halogens is 1. The van der Waals surface area contributed by atoms with Crippen LogP contribution >= 0.6 is 0 Å². The number of nitrogens with two attached hydrogens (primary N) is 1. The van der Waals surface area contributed by atoms with Gasteiger partial charge in [0.15, 0.2) is 0 Å². The predicted molar refractivity (Wildman–Crippen MR) is 131 cm³/mol. The molecule has 35 heavy (non-hydrogen) atoms. The van der Waals surface area contributed by atoms with Crippen LogP contribution in [0.1, 0.15) is 76.7 Å². The number of rotatable bonds is 7. The summed E-state index contributed by atoms with van der Waals surface area (Å²) in [6.45, 7) is 6.03. The van der Waals surface area contributed by atoms with Crippen LogP contribution in [0.15, 0.2) is 24.3 Å². The van der Waals surface area contributed by atoms with Crippen molar-refractivity contribution in [3.8, 4) is 0 Å². The normalized spacial score (nSPS) is 23.1. The van der Waals surface area contributed by atoms with E-state index >= 15 is 0 Å². The van der Waals surface area contributed by atoms with Gasteiger partial charge in [-0.2, -0.15) is 5.10 Å². The second-order valence-electron chi connectivity index (χ2n) is 10.4. The first-order chi connectivity index (χ1) is 16.9. The fourth-order valence-electron chi connectivity index (χ4n) is 6.27. The zero-order valence-electron chi connectivity index (χ0n) is 20.5. The first-order valence-corrected chi connectivity index (χ1v) is 12.9. The van der Waals surface area contributed by atoms with E-state index in [1.165, 1.54) is 12.5 Å². The van der Waals surface area contributed by atoms with Crippen LogP contribution in [0.2, 0.25) is 0 Å². The van der Waals surface area contributed by atoms with Gasteiger partial charge in [-0.15, -0.1) is 0 Å². The Hall–Kier alpha value is -2.74. The van der Waals surface area contributed by atoms with Gasteiger partial charge in [-0.3, -0.25) is 14.3 Å². The number of benzene rings is 1. The van der Waals surface area contributed by atoms with Crippen molar-refractivity contribution in [2.75, 3.05) is 32.7 Å². The summed E-state index contributed by atoms with van der Waals surface area (Å²) < 4.78 is 15.1. The molecule has 1 aromatic carbocycles. The highest BCUT2D eigenvalue weighted by atomic mass is 19.1. The SMILES string of the molecule is Cc1nn(C2CCCCC2)c(C(N)=O)c1C(=O)N1CC2CN(CC[CH]c3cccc(F)c3)C[C@H]2C1. The summed E-state index contributed by atoms with van der Waals surface area (Å²) in [5, 5.41) is 4.63. The molecule has 1 radical (unpaired) electrons. The van der Waals surface area contributed by atoms with E-state index in [-0.39, 0.29) is 23.5 Å². The molecule has 0 spiro atoms. The van der Waals surface area contributed by atoms with E-state index in [1.54, 1.807) is 16.8 Å². The third-order valence-corrected chi connectivity index (χ3v) is 7.98.